The highest BCUT2D eigenvalue weighted by Gasteiger charge is 2.09. The predicted molar refractivity (Wildman–Crippen MR) is 108 cm³/mol. The van der Waals surface area contributed by atoms with Crippen molar-refractivity contribution in [1.29, 1.82) is 0 Å². The molecule has 0 atom stereocenters. The molecule has 2 heterocycles. The first-order valence-electron chi connectivity index (χ1n) is 8.64. The number of para-hydroxylation sites is 1. The summed E-state index contributed by atoms with van der Waals surface area (Å²) in [4.78, 5) is 21.3. The molecule has 0 saturated heterocycles. The topological polar surface area (TPSA) is 66.9 Å². The van der Waals surface area contributed by atoms with E-state index in [9.17, 15) is 4.79 Å². The molecule has 0 aliphatic heterocycles. The SMILES string of the molecule is Cc1ccc(Nc2ccc(C(=O)Nc3cccc4cccnc34)cn2)cc1. The summed E-state index contributed by atoms with van der Waals surface area (Å²) >= 11 is 0. The average molecular weight is 354 g/mol. The van der Waals surface area contributed by atoms with Crippen LogP contribution in [0, 0.1) is 6.92 Å². The fraction of sp³-hybridized carbons (Fsp3) is 0.0455. The molecule has 132 valence electrons. The molecule has 2 aromatic carbocycles. The molecule has 27 heavy (non-hydrogen) atoms. The maximum absolute atomic E-state index is 12.6. The lowest BCUT2D eigenvalue weighted by Crippen LogP contribution is -2.12. The summed E-state index contributed by atoms with van der Waals surface area (Å²) in [6, 6.07) is 21.1. The van der Waals surface area contributed by atoms with Gasteiger partial charge in [0.05, 0.1) is 16.8 Å². The number of hydrogen-bond donors (Lipinski definition) is 2. The summed E-state index contributed by atoms with van der Waals surface area (Å²) in [5.74, 6) is 0.463. The lowest BCUT2D eigenvalue weighted by Gasteiger charge is -2.09. The van der Waals surface area contributed by atoms with Crippen LogP contribution in [0.15, 0.2) is 79.1 Å². The third-order valence-corrected chi connectivity index (χ3v) is 4.23. The largest absolute Gasteiger partial charge is 0.340 e. The number of carbonyl (C=O) groups is 1. The Hall–Kier alpha value is -3.73. The Kier molecular flexibility index (Phi) is 4.49. The van der Waals surface area contributed by atoms with Gasteiger partial charge in [0.1, 0.15) is 5.82 Å². The Bertz CT molecular complexity index is 1080. The first-order chi connectivity index (χ1) is 13.2. The van der Waals surface area contributed by atoms with Gasteiger partial charge in [-0.25, -0.2) is 4.98 Å². The molecule has 0 aliphatic rings. The highest BCUT2D eigenvalue weighted by Crippen LogP contribution is 2.21. The zero-order chi connectivity index (χ0) is 18.6. The fourth-order valence-electron chi connectivity index (χ4n) is 2.79. The van der Waals surface area contributed by atoms with Gasteiger partial charge in [0.15, 0.2) is 0 Å². The summed E-state index contributed by atoms with van der Waals surface area (Å²) < 4.78 is 0. The standard InChI is InChI=1S/C22H18N4O/c1-15-7-10-18(11-8-15)25-20-12-9-17(14-24-20)22(27)26-19-6-2-4-16-5-3-13-23-21(16)19/h2-14H,1H3,(H,24,25)(H,26,27). The van der Waals surface area contributed by atoms with Crippen molar-refractivity contribution in [2.24, 2.45) is 0 Å². The van der Waals surface area contributed by atoms with Crippen LogP contribution in [0.1, 0.15) is 15.9 Å². The molecular formula is C22H18N4O. The molecule has 0 unspecified atom stereocenters. The van der Waals surface area contributed by atoms with Gasteiger partial charge in [-0.1, -0.05) is 35.9 Å². The van der Waals surface area contributed by atoms with Gasteiger partial charge in [0.25, 0.3) is 5.91 Å². The molecule has 0 spiro atoms. The van der Waals surface area contributed by atoms with Crippen molar-refractivity contribution in [1.82, 2.24) is 9.97 Å². The van der Waals surface area contributed by atoms with Gasteiger partial charge in [-0.3, -0.25) is 9.78 Å². The number of hydrogen-bond acceptors (Lipinski definition) is 4. The van der Waals surface area contributed by atoms with Crippen molar-refractivity contribution in [3.8, 4) is 0 Å². The van der Waals surface area contributed by atoms with Crippen LogP contribution in [0.2, 0.25) is 0 Å². The number of aryl methyl sites for hydroxylation is 1. The molecule has 1 amide bonds. The highest BCUT2D eigenvalue weighted by molar-refractivity contribution is 6.08. The normalized spacial score (nSPS) is 10.6. The predicted octanol–water partition coefficient (Wildman–Crippen LogP) is 4.93. The number of pyridine rings is 2. The van der Waals surface area contributed by atoms with Gasteiger partial charge in [-0.15, -0.1) is 0 Å². The van der Waals surface area contributed by atoms with Crippen LogP contribution >= 0.6 is 0 Å². The van der Waals surface area contributed by atoms with Gasteiger partial charge < -0.3 is 10.6 Å². The van der Waals surface area contributed by atoms with E-state index < -0.39 is 0 Å². The Morgan fingerprint density at radius 3 is 2.48 bits per heavy atom. The van der Waals surface area contributed by atoms with E-state index in [0.717, 1.165) is 16.6 Å². The van der Waals surface area contributed by atoms with E-state index in [0.29, 0.717) is 17.1 Å². The van der Waals surface area contributed by atoms with Gasteiger partial charge in [0.2, 0.25) is 0 Å². The lowest BCUT2D eigenvalue weighted by molar-refractivity contribution is 0.102. The number of benzene rings is 2. The van der Waals surface area contributed by atoms with Crippen LogP contribution in [0.25, 0.3) is 10.9 Å². The lowest BCUT2D eigenvalue weighted by atomic mass is 10.2. The molecular weight excluding hydrogens is 336 g/mol. The minimum Gasteiger partial charge on any atom is -0.340 e. The van der Waals surface area contributed by atoms with Gasteiger partial charge in [0, 0.05) is 23.5 Å². The summed E-state index contributed by atoms with van der Waals surface area (Å²) in [6.07, 6.45) is 3.27. The number of carbonyl (C=O) groups excluding carboxylic acids is 1. The fourth-order valence-corrected chi connectivity index (χ4v) is 2.79. The van der Waals surface area contributed by atoms with Crippen molar-refractivity contribution >= 4 is 34.0 Å². The molecule has 0 radical (unpaired) electrons. The first kappa shape index (κ1) is 16.7. The number of nitrogens with one attached hydrogen (secondary N) is 2. The van der Waals surface area contributed by atoms with Crippen molar-refractivity contribution in [3.63, 3.8) is 0 Å². The Balaban J connectivity index is 1.50. The van der Waals surface area contributed by atoms with E-state index in [4.69, 9.17) is 0 Å². The molecule has 0 saturated carbocycles. The summed E-state index contributed by atoms with van der Waals surface area (Å²) in [6.45, 7) is 2.04. The smallest absolute Gasteiger partial charge is 0.257 e. The molecule has 5 nitrogen and oxygen atoms in total. The second-order valence-electron chi connectivity index (χ2n) is 6.26. The van der Waals surface area contributed by atoms with E-state index >= 15 is 0 Å². The van der Waals surface area contributed by atoms with Crippen LogP contribution in [-0.2, 0) is 0 Å². The molecule has 4 aromatic rings. The van der Waals surface area contributed by atoms with Gasteiger partial charge in [-0.2, -0.15) is 0 Å². The average Bonchev–Trinajstić information content (AvgIpc) is 2.70. The minimum absolute atomic E-state index is 0.220. The van der Waals surface area contributed by atoms with Crippen molar-refractivity contribution in [3.05, 3.63) is 90.3 Å². The zero-order valence-electron chi connectivity index (χ0n) is 14.8. The molecule has 0 fully saturated rings. The van der Waals surface area contributed by atoms with Crippen molar-refractivity contribution in [2.45, 2.75) is 6.92 Å². The number of fused-ring (bicyclic) bond motifs is 1. The van der Waals surface area contributed by atoms with Crippen molar-refractivity contribution in [2.75, 3.05) is 10.6 Å². The van der Waals surface area contributed by atoms with E-state index in [1.165, 1.54) is 5.56 Å². The Labute approximate surface area is 157 Å². The Morgan fingerprint density at radius 2 is 1.70 bits per heavy atom. The molecule has 0 aliphatic carbocycles. The molecule has 2 N–H and O–H groups in total. The van der Waals surface area contributed by atoms with Crippen LogP contribution in [0.4, 0.5) is 17.2 Å². The van der Waals surface area contributed by atoms with Gasteiger partial charge >= 0.3 is 0 Å². The second kappa shape index (κ2) is 7.25. The summed E-state index contributed by atoms with van der Waals surface area (Å²) in [5, 5.41) is 7.11. The second-order valence-corrected chi connectivity index (χ2v) is 6.26. The molecule has 4 rings (SSSR count). The number of aromatic nitrogens is 2. The number of anilines is 3. The molecule has 0 bridgehead atoms. The van der Waals surface area contributed by atoms with Crippen LogP contribution in [-0.4, -0.2) is 15.9 Å². The maximum Gasteiger partial charge on any atom is 0.257 e. The minimum atomic E-state index is -0.220. The maximum atomic E-state index is 12.6. The summed E-state index contributed by atoms with van der Waals surface area (Å²) in [5.41, 5.74) is 4.08. The Morgan fingerprint density at radius 1 is 0.889 bits per heavy atom. The van der Waals surface area contributed by atoms with E-state index in [1.807, 2.05) is 61.5 Å². The third-order valence-electron chi connectivity index (χ3n) is 4.23. The summed E-state index contributed by atoms with van der Waals surface area (Å²) in [7, 11) is 0. The molecule has 5 heteroatoms. The molecule has 2 aromatic heterocycles. The zero-order valence-corrected chi connectivity index (χ0v) is 14.8. The highest BCUT2D eigenvalue weighted by atomic mass is 16.1. The van der Waals surface area contributed by atoms with E-state index in [1.54, 1.807) is 24.5 Å². The third kappa shape index (κ3) is 3.77. The first-order valence-corrected chi connectivity index (χ1v) is 8.64. The number of rotatable bonds is 4. The monoisotopic (exact) mass is 354 g/mol. The number of nitrogens with zero attached hydrogens (tertiary/aromatic N) is 2. The van der Waals surface area contributed by atoms with Crippen LogP contribution in [0.3, 0.4) is 0 Å². The van der Waals surface area contributed by atoms with E-state index in [2.05, 4.69) is 20.6 Å². The van der Waals surface area contributed by atoms with Gasteiger partial charge in [-0.05, 0) is 43.3 Å². The van der Waals surface area contributed by atoms with Crippen molar-refractivity contribution < 1.29 is 4.79 Å². The van der Waals surface area contributed by atoms with Crippen LogP contribution < -0.4 is 10.6 Å². The van der Waals surface area contributed by atoms with Crippen LogP contribution in [0.5, 0.6) is 0 Å². The quantitative estimate of drug-likeness (QED) is 0.545. The van der Waals surface area contributed by atoms with E-state index in [-0.39, 0.29) is 5.91 Å². The number of amides is 1.